The number of anilines is 4. The van der Waals surface area contributed by atoms with Crippen molar-refractivity contribution in [3.05, 3.63) is 65.4 Å². The van der Waals surface area contributed by atoms with Gasteiger partial charge in [-0.05, 0) is 24.3 Å². The number of hydrazine groups is 1. The molecule has 0 radical (unpaired) electrons. The lowest BCUT2D eigenvalue weighted by atomic mass is 10.2. The van der Waals surface area contributed by atoms with Crippen molar-refractivity contribution in [1.82, 2.24) is 15.4 Å². The first kappa shape index (κ1) is 18.3. The molecular weight excluding hydrogens is 368 g/mol. The summed E-state index contributed by atoms with van der Waals surface area (Å²) in [5, 5.41) is 3.42. The maximum Gasteiger partial charge on any atom is 0.271 e. The second-order valence-electron chi connectivity index (χ2n) is 5.37. The van der Waals surface area contributed by atoms with Gasteiger partial charge in [0.2, 0.25) is 0 Å². The van der Waals surface area contributed by atoms with Crippen molar-refractivity contribution in [2.24, 2.45) is 0 Å². The van der Waals surface area contributed by atoms with Crippen molar-refractivity contribution in [3.8, 4) is 5.75 Å². The number of hydrogen-bond acceptors (Lipinski definition) is 7. The normalized spacial score (nSPS) is 10.1. The lowest BCUT2D eigenvalue weighted by Gasteiger charge is -2.14. The number of nitrogens with two attached hydrogens (primary N) is 1. The molecule has 1 heterocycles. The standard InChI is InChI=1S/C18H17ClN6O2/c1-27-14-9-5-4-8-13(14)23-16-15(20)17(22-10-21-16)24-25-18(26)11-6-2-3-7-12(11)19/h2-10H,20H2,1H3,(H,25,26)(H2,21,22,23,24). The van der Waals surface area contributed by atoms with Crippen LogP contribution in [0.15, 0.2) is 54.9 Å². The summed E-state index contributed by atoms with van der Waals surface area (Å²) < 4.78 is 5.29. The van der Waals surface area contributed by atoms with Gasteiger partial charge in [0.1, 0.15) is 17.8 Å². The van der Waals surface area contributed by atoms with Crippen LogP contribution >= 0.6 is 11.6 Å². The van der Waals surface area contributed by atoms with E-state index in [2.05, 4.69) is 26.1 Å². The van der Waals surface area contributed by atoms with Crippen LogP contribution in [0.4, 0.5) is 23.0 Å². The highest BCUT2D eigenvalue weighted by Gasteiger charge is 2.13. The zero-order valence-electron chi connectivity index (χ0n) is 14.4. The average Bonchev–Trinajstić information content (AvgIpc) is 2.69. The van der Waals surface area contributed by atoms with Crippen molar-refractivity contribution in [1.29, 1.82) is 0 Å². The average molecular weight is 385 g/mol. The Hall–Kier alpha value is -3.52. The molecular formula is C18H17ClN6O2. The van der Waals surface area contributed by atoms with Crippen LogP contribution in [0.3, 0.4) is 0 Å². The third-order valence-corrected chi connectivity index (χ3v) is 3.99. The number of carbonyl (C=O) groups excluding carboxylic acids is 1. The van der Waals surface area contributed by atoms with Gasteiger partial charge in [0.15, 0.2) is 11.6 Å². The number of ether oxygens (including phenoxy) is 1. The fourth-order valence-electron chi connectivity index (χ4n) is 2.30. The van der Waals surface area contributed by atoms with Gasteiger partial charge in [0, 0.05) is 0 Å². The Morgan fingerprint density at radius 1 is 1.07 bits per heavy atom. The highest BCUT2D eigenvalue weighted by atomic mass is 35.5. The first-order valence-corrected chi connectivity index (χ1v) is 8.29. The Morgan fingerprint density at radius 3 is 2.56 bits per heavy atom. The SMILES string of the molecule is COc1ccccc1Nc1ncnc(NNC(=O)c2ccccc2Cl)c1N. The van der Waals surface area contributed by atoms with E-state index in [4.69, 9.17) is 22.1 Å². The molecule has 3 rings (SSSR count). The van der Waals surface area contributed by atoms with Gasteiger partial charge in [0.25, 0.3) is 5.91 Å². The van der Waals surface area contributed by atoms with Gasteiger partial charge in [-0.2, -0.15) is 0 Å². The van der Waals surface area contributed by atoms with Crippen LogP contribution in [-0.2, 0) is 0 Å². The zero-order valence-corrected chi connectivity index (χ0v) is 15.1. The third-order valence-electron chi connectivity index (χ3n) is 3.66. The van der Waals surface area contributed by atoms with Gasteiger partial charge in [-0.1, -0.05) is 35.9 Å². The molecule has 1 amide bonds. The number of halogens is 1. The maximum absolute atomic E-state index is 12.2. The minimum Gasteiger partial charge on any atom is -0.495 e. The van der Waals surface area contributed by atoms with E-state index >= 15 is 0 Å². The number of aromatic nitrogens is 2. The Kier molecular flexibility index (Phi) is 5.58. The molecule has 0 fully saturated rings. The first-order valence-electron chi connectivity index (χ1n) is 7.91. The fraction of sp³-hybridized carbons (Fsp3) is 0.0556. The molecule has 0 atom stereocenters. The molecule has 8 nitrogen and oxygen atoms in total. The lowest BCUT2D eigenvalue weighted by molar-refractivity contribution is 0.0962. The minimum absolute atomic E-state index is 0.225. The molecule has 3 aromatic rings. The predicted octanol–water partition coefficient (Wildman–Crippen LogP) is 3.22. The molecule has 0 aliphatic heterocycles. The number of amides is 1. The van der Waals surface area contributed by atoms with Gasteiger partial charge in [-0.3, -0.25) is 15.6 Å². The number of rotatable bonds is 6. The molecule has 5 N–H and O–H groups in total. The van der Waals surface area contributed by atoms with Crippen molar-refractivity contribution >= 4 is 40.5 Å². The molecule has 2 aromatic carbocycles. The number of methoxy groups -OCH3 is 1. The van der Waals surface area contributed by atoms with Crippen LogP contribution in [-0.4, -0.2) is 23.0 Å². The monoisotopic (exact) mass is 384 g/mol. The number of nitrogens with zero attached hydrogens (tertiary/aromatic N) is 2. The molecule has 0 bridgehead atoms. The van der Waals surface area contributed by atoms with E-state index in [9.17, 15) is 4.79 Å². The number of nitrogen functional groups attached to an aromatic ring is 1. The molecule has 0 aliphatic carbocycles. The predicted molar refractivity (Wildman–Crippen MR) is 105 cm³/mol. The van der Waals surface area contributed by atoms with Gasteiger partial charge in [0.05, 0.1) is 23.4 Å². The van der Waals surface area contributed by atoms with Crippen molar-refractivity contribution in [3.63, 3.8) is 0 Å². The van der Waals surface area contributed by atoms with E-state index in [0.717, 1.165) is 0 Å². The van der Waals surface area contributed by atoms with E-state index in [-0.39, 0.29) is 11.5 Å². The fourth-order valence-corrected chi connectivity index (χ4v) is 2.52. The number of nitrogens with one attached hydrogen (secondary N) is 3. The molecule has 138 valence electrons. The zero-order chi connectivity index (χ0) is 19.2. The van der Waals surface area contributed by atoms with E-state index in [1.165, 1.54) is 6.33 Å². The topological polar surface area (TPSA) is 114 Å². The number of benzene rings is 2. The van der Waals surface area contributed by atoms with Crippen molar-refractivity contribution < 1.29 is 9.53 Å². The Labute approximate surface area is 160 Å². The van der Waals surface area contributed by atoms with Gasteiger partial charge in [-0.25, -0.2) is 9.97 Å². The second kappa shape index (κ2) is 8.24. The van der Waals surface area contributed by atoms with E-state index in [1.54, 1.807) is 31.4 Å². The lowest BCUT2D eigenvalue weighted by Crippen LogP contribution is -2.30. The summed E-state index contributed by atoms with van der Waals surface area (Å²) in [7, 11) is 1.57. The molecule has 0 saturated carbocycles. The summed E-state index contributed by atoms with van der Waals surface area (Å²) >= 11 is 6.02. The van der Waals surface area contributed by atoms with E-state index < -0.39 is 5.91 Å². The Balaban J connectivity index is 1.75. The summed E-state index contributed by atoms with van der Waals surface area (Å²) in [5.41, 5.74) is 12.6. The van der Waals surface area contributed by atoms with Crippen LogP contribution in [0.2, 0.25) is 5.02 Å². The van der Waals surface area contributed by atoms with E-state index in [0.29, 0.717) is 27.8 Å². The van der Waals surface area contributed by atoms with Crippen LogP contribution in [0.5, 0.6) is 5.75 Å². The van der Waals surface area contributed by atoms with Gasteiger partial charge in [-0.15, -0.1) is 0 Å². The number of carbonyl (C=O) groups is 1. The van der Waals surface area contributed by atoms with Gasteiger partial charge >= 0.3 is 0 Å². The molecule has 1 aromatic heterocycles. The van der Waals surface area contributed by atoms with Crippen LogP contribution < -0.4 is 26.6 Å². The molecule has 0 saturated heterocycles. The Bertz CT molecular complexity index is 966. The maximum atomic E-state index is 12.2. The Morgan fingerprint density at radius 2 is 1.78 bits per heavy atom. The quantitative estimate of drug-likeness (QED) is 0.482. The molecule has 0 spiro atoms. The largest absolute Gasteiger partial charge is 0.495 e. The molecule has 9 heteroatoms. The third kappa shape index (κ3) is 4.18. The summed E-state index contributed by atoms with van der Waals surface area (Å²) in [6, 6.07) is 14.0. The van der Waals surface area contributed by atoms with Crippen molar-refractivity contribution in [2.75, 3.05) is 23.6 Å². The van der Waals surface area contributed by atoms with Crippen LogP contribution in [0.1, 0.15) is 10.4 Å². The van der Waals surface area contributed by atoms with Gasteiger partial charge < -0.3 is 15.8 Å². The van der Waals surface area contributed by atoms with Crippen molar-refractivity contribution in [2.45, 2.75) is 0 Å². The number of para-hydroxylation sites is 2. The molecule has 0 unspecified atom stereocenters. The summed E-state index contributed by atoms with van der Waals surface area (Å²) in [6.07, 6.45) is 1.32. The summed E-state index contributed by atoms with van der Waals surface area (Å²) in [4.78, 5) is 20.4. The molecule has 27 heavy (non-hydrogen) atoms. The second-order valence-corrected chi connectivity index (χ2v) is 5.78. The highest BCUT2D eigenvalue weighted by Crippen LogP contribution is 2.30. The van der Waals surface area contributed by atoms with Crippen LogP contribution in [0, 0.1) is 0 Å². The van der Waals surface area contributed by atoms with Crippen LogP contribution in [0.25, 0.3) is 0 Å². The minimum atomic E-state index is -0.419. The first-order chi connectivity index (χ1) is 13.1. The smallest absolute Gasteiger partial charge is 0.271 e. The summed E-state index contributed by atoms with van der Waals surface area (Å²) in [5.74, 6) is 0.821. The highest BCUT2D eigenvalue weighted by molar-refractivity contribution is 6.33. The number of hydrogen-bond donors (Lipinski definition) is 4. The van der Waals surface area contributed by atoms with E-state index in [1.807, 2.05) is 24.3 Å². The molecule has 0 aliphatic rings. The summed E-state index contributed by atoms with van der Waals surface area (Å²) in [6.45, 7) is 0.